The van der Waals surface area contributed by atoms with Gasteiger partial charge in [-0.1, -0.05) is 0 Å². The lowest BCUT2D eigenvalue weighted by Crippen LogP contribution is -2.07. The van der Waals surface area contributed by atoms with Crippen molar-refractivity contribution in [2.24, 2.45) is 0 Å². The van der Waals surface area contributed by atoms with E-state index in [2.05, 4.69) is 20.9 Å². The van der Waals surface area contributed by atoms with E-state index in [0.29, 0.717) is 4.47 Å². The molecule has 0 unspecified atom stereocenters. The third-order valence-electron chi connectivity index (χ3n) is 1.36. The average Bonchev–Trinajstić information content (AvgIpc) is 2.03. The van der Waals surface area contributed by atoms with Crippen molar-refractivity contribution in [3.63, 3.8) is 0 Å². The Kier molecular flexibility index (Phi) is 3.02. The summed E-state index contributed by atoms with van der Waals surface area (Å²) in [7, 11) is -3.71. The van der Waals surface area contributed by atoms with Gasteiger partial charge in [-0.05, 0) is 28.1 Å². The highest BCUT2D eigenvalue weighted by molar-refractivity contribution is 9.10. The van der Waals surface area contributed by atoms with Crippen LogP contribution >= 0.6 is 15.9 Å². The molecule has 1 heterocycles. The second-order valence-electron chi connectivity index (χ2n) is 2.55. The molecule has 0 fully saturated rings. The molecule has 0 aliphatic rings. The van der Waals surface area contributed by atoms with E-state index >= 15 is 0 Å². The van der Waals surface area contributed by atoms with E-state index in [1.165, 1.54) is 12.3 Å². The first-order chi connectivity index (χ1) is 5.91. The fraction of sp³-hybridized carbons (Fsp3) is 0.286. The first-order valence-electron chi connectivity index (χ1n) is 3.35. The van der Waals surface area contributed by atoms with Gasteiger partial charge < -0.3 is 0 Å². The SMILES string of the molecule is CS(=O)(=O)[C@H](F)c1ccc(Br)cn1. The van der Waals surface area contributed by atoms with Gasteiger partial charge in [-0.25, -0.2) is 12.8 Å². The van der Waals surface area contributed by atoms with Gasteiger partial charge in [-0.2, -0.15) is 0 Å². The fourth-order valence-electron chi connectivity index (χ4n) is 0.741. The number of alkyl halides is 1. The summed E-state index contributed by atoms with van der Waals surface area (Å²) in [6.45, 7) is 0. The number of nitrogens with zero attached hydrogens (tertiary/aromatic N) is 1. The number of hydrogen-bond acceptors (Lipinski definition) is 3. The lowest BCUT2D eigenvalue weighted by molar-refractivity contribution is 0.426. The lowest BCUT2D eigenvalue weighted by atomic mass is 10.4. The van der Waals surface area contributed by atoms with Crippen LogP contribution < -0.4 is 0 Å². The molecule has 6 heteroatoms. The van der Waals surface area contributed by atoms with E-state index in [-0.39, 0.29) is 5.69 Å². The van der Waals surface area contributed by atoms with Gasteiger partial charge in [0.05, 0.1) is 5.69 Å². The second-order valence-corrected chi connectivity index (χ2v) is 5.54. The molecule has 1 aromatic heterocycles. The molecule has 0 aliphatic carbocycles. The zero-order chi connectivity index (χ0) is 10.1. The van der Waals surface area contributed by atoms with Crippen molar-refractivity contribution in [2.75, 3.05) is 6.26 Å². The van der Waals surface area contributed by atoms with Crippen LogP contribution in [0.4, 0.5) is 4.39 Å². The minimum atomic E-state index is -3.71. The molecule has 0 saturated carbocycles. The average molecular weight is 268 g/mol. The Morgan fingerprint density at radius 3 is 2.54 bits per heavy atom. The summed E-state index contributed by atoms with van der Waals surface area (Å²) in [6, 6.07) is 2.87. The predicted octanol–water partition coefficient (Wildman–Crippen LogP) is 1.86. The minimum absolute atomic E-state index is 0.0919. The molecule has 0 bridgehead atoms. The molecule has 0 spiro atoms. The molecular formula is C7H7BrFNO2S. The van der Waals surface area contributed by atoms with E-state index in [0.717, 1.165) is 6.26 Å². The van der Waals surface area contributed by atoms with Gasteiger partial charge in [0.1, 0.15) is 0 Å². The molecule has 1 rings (SSSR count). The molecular weight excluding hydrogens is 261 g/mol. The van der Waals surface area contributed by atoms with Crippen molar-refractivity contribution in [3.8, 4) is 0 Å². The molecule has 0 saturated heterocycles. The summed E-state index contributed by atoms with van der Waals surface area (Å²) in [6.07, 6.45) is 2.19. The monoisotopic (exact) mass is 267 g/mol. The Labute approximate surface area is 84.0 Å². The topological polar surface area (TPSA) is 47.0 Å². The predicted molar refractivity (Wildman–Crippen MR) is 50.6 cm³/mol. The van der Waals surface area contributed by atoms with Gasteiger partial charge in [0, 0.05) is 16.9 Å². The summed E-state index contributed by atoms with van der Waals surface area (Å²) < 4.78 is 35.4. The Bertz CT molecular complexity index is 389. The maximum Gasteiger partial charge on any atom is 0.242 e. The first-order valence-corrected chi connectivity index (χ1v) is 6.10. The molecule has 0 aromatic carbocycles. The van der Waals surface area contributed by atoms with Gasteiger partial charge in [0.25, 0.3) is 0 Å². The van der Waals surface area contributed by atoms with Crippen molar-refractivity contribution in [2.45, 2.75) is 5.50 Å². The van der Waals surface area contributed by atoms with Crippen molar-refractivity contribution in [1.82, 2.24) is 4.98 Å². The molecule has 0 amide bonds. The maximum atomic E-state index is 13.1. The highest BCUT2D eigenvalue weighted by Gasteiger charge is 2.22. The smallest absolute Gasteiger partial charge is 0.242 e. The third-order valence-corrected chi connectivity index (χ3v) is 2.82. The van der Waals surface area contributed by atoms with Crippen molar-refractivity contribution in [1.29, 1.82) is 0 Å². The van der Waals surface area contributed by atoms with E-state index in [1.54, 1.807) is 6.07 Å². The van der Waals surface area contributed by atoms with Crippen LogP contribution in [0.1, 0.15) is 11.2 Å². The lowest BCUT2D eigenvalue weighted by Gasteiger charge is -2.04. The summed E-state index contributed by atoms with van der Waals surface area (Å²) >= 11 is 3.11. The summed E-state index contributed by atoms with van der Waals surface area (Å²) in [5.41, 5.74) is -2.13. The number of aromatic nitrogens is 1. The van der Waals surface area contributed by atoms with Gasteiger partial charge >= 0.3 is 0 Å². The molecule has 1 atom stereocenters. The van der Waals surface area contributed by atoms with Crippen LogP contribution in [0.3, 0.4) is 0 Å². The number of rotatable bonds is 2. The van der Waals surface area contributed by atoms with Crippen LogP contribution in [-0.4, -0.2) is 19.7 Å². The second kappa shape index (κ2) is 3.71. The van der Waals surface area contributed by atoms with E-state index < -0.39 is 15.3 Å². The van der Waals surface area contributed by atoms with Crippen LogP contribution in [0.5, 0.6) is 0 Å². The van der Waals surface area contributed by atoms with Gasteiger partial charge in [0.15, 0.2) is 9.84 Å². The van der Waals surface area contributed by atoms with E-state index in [4.69, 9.17) is 0 Å². The fourth-order valence-corrected chi connectivity index (χ4v) is 1.55. The van der Waals surface area contributed by atoms with E-state index in [1.807, 2.05) is 0 Å². The Hall–Kier alpha value is -0.490. The molecule has 1 aromatic rings. The highest BCUT2D eigenvalue weighted by Crippen LogP contribution is 2.21. The van der Waals surface area contributed by atoms with Crippen LogP contribution in [0.2, 0.25) is 0 Å². The minimum Gasteiger partial charge on any atom is -0.256 e. The molecule has 72 valence electrons. The number of sulfone groups is 1. The van der Waals surface area contributed by atoms with Crippen molar-refractivity contribution in [3.05, 3.63) is 28.5 Å². The number of pyridine rings is 1. The van der Waals surface area contributed by atoms with E-state index in [9.17, 15) is 12.8 Å². The zero-order valence-corrected chi connectivity index (χ0v) is 9.14. The Morgan fingerprint density at radius 2 is 2.15 bits per heavy atom. The molecule has 0 radical (unpaired) electrons. The zero-order valence-electron chi connectivity index (χ0n) is 6.74. The summed E-state index contributed by atoms with van der Waals surface area (Å²) in [4.78, 5) is 3.64. The van der Waals surface area contributed by atoms with Gasteiger partial charge in [-0.3, -0.25) is 4.98 Å². The molecule has 13 heavy (non-hydrogen) atoms. The summed E-state index contributed by atoms with van der Waals surface area (Å²) in [5.74, 6) is 0. The van der Waals surface area contributed by atoms with Crippen molar-refractivity contribution >= 4 is 25.8 Å². The largest absolute Gasteiger partial charge is 0.256 e. The number of hydrogen-bond donors (Lipinski definition) is 0. The van der Waals surface area contributed by atoms with Gasteiger partial charge in [-0.15, -0.1) is 0 Å². The Morgan fingerprint density at radius 1 is 1.54 bits per heavy atom. The van der Waals surface area contributed by atoms with Crippen LogP contribution in [0, 0.1) is 0 Å². The van der Waals surface area contributed by atoms with Gasteiger partial charge in [0.2, 0.25) is 5.50 Å². The first kappa shape index (κ1) is 10.6. The quantitative estimate of drug-likeness (QED) is 0.822. The van der Waals surface area contributed by atoms with Crippen LogP contribution in [0.15, 0.2) is 22.8 Å². The maximum absolute atomic E-state index is 13.1. The normalized spacial score (nSPS) is 14.1. The highest BCUT2D eigenvalue weighted by atomic mass is 79.9. The standard InChI is InChI=1S/C7H7BrFNO2S/c1-13(11,12)7(9)6-3-2-5(8)4-10-6/h2-4,7H,1H3/t7-/m0/s1. The molecule has 0 N–H and O–H groups in total. The third kappa shape index (κ3) is 2.73. The molecule has 0 aliphatic heterocycles. The molecule has 3 nitrogen and oxygen atoms in total. The Balaban J connectivity index is 3.04. The number of halogens is 2. The van der Waals surface area contributed by atoms with Crippen LogP contribution in [0.25, 0.3) is 0 Å². The van der Waals surface area contributed by atoms with Crippen molar-refractivity contribution < 1.29 is 12.8 Å². The van der Waals surface area contributed by atoms with Crippen LogP contribution in [-0.2, 0) is 9.84 Å². The summed E-state index contributed by atoms with van der Waals surface area (Å²) in [5, 5.41) is 0.